The molecule has 0 atom stereocenters. The zero-order valence-corrected chi connectivity index (χ0v) is 10.3. The molecule has 2 nitrogen and oxygen atoms in total. The molecule has 1 heterocycles. The fourth-order valence-electron chi connectivity index (χ4n) is 2.06. The minimum Gasteiger partial charge on any atom is -0.396 e. The number of hydrogen-bond acceptors (Lipinski definition) is 3. The second-order valence-corrected chi connectivity index (χ2v) is 5.95. The summed E-state index contributed by atoms with van der Waals surface area (Å²) in [5.74, 6) is 0.515. The number of nitrogens with zero attached hydrogens (tertiary/aromatic N) is 1. The predicted octanol–water partition coefficient (Wildman–Crippen LogP) is 2.97. The summed E-state index contributed by atoms with van der Waals surface area (Å²) in [5, 5.41) is 12.7. The molecule has 0 saturated heterocycles. The molecule has 0 aromatic carbocycles. The topological polar surface area (TPSA) is 33.1 Å². The van der Waals surface area contributed by atoms with Crippen LogP contribution in [0.1, 0.15) is 49.7 Å². The number of aliphatic hydroxyl groups is 1. The Hall–Kier alpha value is -0.410. The third-order valence-corrected chi connectivity index (χ3v) is 4.30. The average Bonchev–Trinajstić information content (AvgIpc) is 2.59. The molecule has 1 fully saturated rings. The molecule has 0 radical (unpaired) electrons. The molecule has 0 unspecified atom stereocenters. The first kappa shape index (κ1) is 11.1. The SMILES string of the molecule is CC(C)c1csc(CC2(CO)CCC2)n1. The van der Waals surface area contributed by atoms with E-state index in [0.717, 1.165) is 6.42 Å². The summed E-state index contributed by atoms with van der Waals surface area (Å²) in [7, 11) is 0. The lowest BCUT2D eigenvalue weighted by molar-refractivity contribution is 0.0449. The Morgan fingerprint density at radius 1 is 1.53 bits per heavy atom. The van der Waals surface area contributed by atoms with Crippen molar-refractivity contribution in [2.75, 3.05) is 6.61 Å². The molecule has 1 aromatic heterocycles. The van der Waals surface area contributed by atoms with E-state index < -0.39 is 0 Å². The van der Waals surface area contributed by atoms with Gasteiger partial charge in [-0.1, -0.05) is 20.3 Å². The fourth-order valence-corrected chi connectivity index (χ4v) is 3.19. The Balaban J connectivity index is 2.04. The average molecular weight is 225 g/mol. The van der Waals surface area contributed by atoms with E-state index in [4.69, 9.17) is 0 Å². The molecule has 84 valence electrons. The van der Waals surface area contributed by atoms with Crippen molar-refractivity contribution in [3.63, 3.8) is 0 Å². The normalized spacial score (nSPS) is 19.2. The molecular formula is C12H19NOS. The van der Waals surface area contributed by atoms with Crippen LogP contribution in [0.2, 0.25) is 0 Å². The smallest absolute Gasteiger partial charge is 0.0934 e. The number of thiazole rings is 1. The highest BCUT2D eigenvalue weighted by Gasteiger charge is 2.37. The van der Waals surface area contributed by atoms with Gasteiger partial charge in [-0.05, 0) is 24.2 Å². The molecule has 3 heteroatoms. The lowest BCUT2D eigenvalue weighted by atomic mass is 9.67. The van der Waals surface area contributed by atoms with Gasteiger partial charge in [0.1, 0.15) is 0 Å². The summed E-state index contributed by atoms with van der Waals surface area (Å²) in [5.41, 5.74) is 1.37. The van der Waals surface area contributed by atoms with Crippen LogP contribution in [-0.4, -0.2) is 16.7 Å². The van der Waals surface area contributed by atoms with E-state index in [-0.39, 0.29) is 5.41 Å². The summed E-state index contributed by atoms with van der Waals surface area (Å²) in [6.07, 6.45) is 4.57. The van der Waals surface area contributed by atoms with Gasteiger partial charge in [0.2, 0.25) is 0 Å². The van der Waals surface area contributed by atoms with Crippen molar-refractivity contribution in [1.29, 1.82) is 0 Å². The van der Waals surface area contributed by atoms with Crippen LogP contribution in [0.15, 0.2) is 5.38 Å². The predicted molar refractivity (Wildman–Crippen MR) is 63.3 cm³/mol. The summed E-state index contributed by atoms with van der Waals surface area (Å²) in [4.78, 5) is 4.63. The van der Waals surface area contributed by atoms with Gasteiger partial charge in [0.25, 0.3) is 0 Å². The second-order valence-electron chi connectivity index (χ2n) is 5.01. The Kier molecular flexibility index (Phi) is 3.12. The molecule has 0 aliphatic heterocycles. The van der Waals surface area contributed by atoms with Crippen molar-refractivity contribution >= 4 is 11.3 Å². The van der Waals surface area contributed by atoms with E-state index in [0.29, 0.717) is 12.5 Å². The zero-order chi connectivity index (χ0) is 10.9. The van der Waals surface area contributed by atoms with Crippen LogP contribution in [0, 0.1) is 5.41 Å². The summed E-state index contributed by atoms with van der Waals surface area (Å²) in [6.45, 7) is 4.66. The number of rotatable bonds is 4. The maximum Gasteiger partial charge on any atom is 0.0934 e. The van der Waals surface area contributed by atoms with Crippen molar-refractivity contribution in [1.82, 2.24) is 4.98 Å². The van der Waals surface area contributed by atoms with Gasteiger partial charge in [-0.15, -0.1) is 11.3 Å². The van der Waals surface area contributed by atoms with Crippen LogP contribution in [0.5, 0.6) is 0 Å². The van der Waals surface area contributed by atoms with E-state index in [2.05, 4.69) is 24.2 Å². The van der Waals surface area contributed by atoms with Gasteiger partial charge in [-0.2, -0.15) is 0 Å². The standard InChI is InChI=1S/C12H19NOS/c1-9(2)10-7-15-11(13-10)6-12(8-14)4-3-5-12/h7,9,14H,3-6,8H2,1-2H3. The molecule has 1 saturated carbocycles. The molecule has 1 aliphatic carbocycles. The Labute approximate surface area is 95.4 Å². The minimum absolute atomic E-state index is 0.173. The highest BCUT2D eigenvalue weighted by Crippen LogP contribution is 2.43. The van der Waals surface area contributed by atoms with E-state index in [1.165, 1.54) is 30.0 Å². The number of hydrogen-bond donors (Lipinski definition) is 1. The van der Waals surface area contributed by atoms with Crippen LogP contribution >= 0.6 is 11.3 Å². The monoisotopic (exact) mass is 225 g/mol. The highest BCUT2D eigenvalue weighted by atomic mass is 32.1. The third kappa shape index (κ3) is 2.23. The first-order chi connectivity index (χ1) is 7.15. The van der Waals surface area contributed by atoms with Crippen molar-refractivity contribution in [3.05, 3.63) is 16.1 Å². The van der Waals surface area contributed by atoms with Crippen LogP contribution in [-0.2, 0) is 6.42 Å². The Bertz CT molecular complexity index is 323. The second kappa shape index (κ2) is 4.22. The summed E-state index contributed by atoms with van der Waals surface area (Å²) >= 11 is 1.75. The molecule has 15 heavy (non-hydrogen) atoms. The maximum absolute atomic E-state index is 9.39. The van der Waals surface area contributed by atoms with Gasteiger partial charge in [0, 0.05) is 18.4 Å². The zero-order valence-electron chi connectivity index (χ0n) is 9.49. The first-order valence-electron chi connectivity index (χ1n) is 5.70. The molecule has 1 aromatic rings. The molecule has 0 amide bonds. The quantitative estimate of drug-likeness (QED) is 0.854. The van der Waals surface area contributed by atoms with Gasteiger partial charge >= 0.3 is 0 Å². The van der Waals surface area contributed by atoms with E-state index in [1.807, 2.05) is 0 Å². The van der Waals surface area contributed by atoms with Gasteiger partial charge in [-0.3, -0.25) is 0 Å². The van der Waals surface area contributed by atoms with Crippen molar-refractivity contribution in [2.45, 2.75) is 45.4 Å². The van der Waals surface area contributed by atoms with Crippen LogP contribution in [0.25, 0.3) is 0 Å². The molecule has 1 N–H and O–H groups in total. The van der Waals surface area contributed by atoms with Gasteiger partial charge < -0.3 is 5.11 Å². The van der Waals surface area contributed by atoms with Crippen LogP contribution in [0.3, 0.4) is 0 Å². The summed E-state index contributed by atoms with van der Waals surface area (Å²) in [6, 6.07) is 0. The molecule has 0 bridgehead atoms. The van der Waals surface area contributed by atoms with Gasteiger partial charge in [-0.25, -0.2) is 4.98 Å². The van der Waals surface area contributed by atoms with E-state index in [9.17, 15) is 5.11 Å². The maximum atomic E-state index is 9.39. The first-order valence-corrected chi connectivity index (χ1v) is 6.58. The third-order valence-electron chi connectivity index (χ3n) is 3.44. The fraction of sp³-hybridized carbons (Fsp3) is 0.750. The lowest BCUT2D eigenvalue weighted by Crippen LogP contribution is -2.35. The minimum atomic E-state index is 0.173. The molecule has 0 spiro atoms. The van der Waals surface area contributed by atoms with Crippen molar-refractivity contribution in [2.24, 2.45) is 5.41 Å². The Morgan fingerprint density at radius 2 is 2.27 bits per heavy atom. The van der Waals surface area contributed by atoms with Crippen molar-refractivity contribution in [3.8, 4) is 0 Å². The number of aromatic nitrogens is 1. The van der Waals surface area contributed by atoms with Gasteiger partial charge in [0.05, 0.1) is 10.7 Å². The lowest BCUT2D eigenvalue weighted by Gasteiger charge is -2.39. The van der Waals surface area contributed by atoms with Crippen molar-refractivity contribution < 1.29 is 5.11 Å². The van der Waals surface area contributed by atoms with Gasteiger partial charge in [0.15, 0.2) is 0 Å². The van der Waals surface area contributed by atoms with E-state index in [1.54, 1.807) is 11.3 Å². The Morgan fingerprint density at radius 3 is 2.67 bits per heavy atom. The number of aliphatic hydroxyl groups excluding tert-OH is 1. The van der Waals surface area contributed by atoms with Crippen LogP contribution in [0.4, 0.5) is 0 Å². The molecule has 1 aliphatic rings. The summed E-state index contributed by atoms with van der Waals surface area (Å²) < 4.78 is 0. The van der Waals surface area contributed by atoms with Crippen LogP contribution < -0.4 is 0 Å². The van der Waals surface area contributed by atoms with E-state index >= 15 is 0 Å². The molecular weight excluding hydrogens is 206 g/mol. The molecule has 2 rings (SSSR count). The largest absolute Gasteiger partial charge is 0.396 e. The highest BCUT2D eigenvalue weighted by molar-refractivity contribution is 7.09.